The number of nitrogens with one attached hydrogen (secondary N) is 2. The molecule has 1 amide bonds. The number of carbonyl (C=O) groups is 1. The number of H-pyrrole nitrogens is 1. The van der Waals surface area contributed by atoms with Crippen molar-refractivity contribution in [2.75, 3.05) is 0 Å². The van der Waals surface area contributed by atoms with E-state index in [0.29, 0.717) is 0 Å². The van der Waals surface area contributed by atoms with Crippen LogP contribution in [-0.2, 0) is 4.79 Å². The zero-order valence-electron chi connectivity index (χ0n) is 10.2. The maximum absolute atomic E-state index is 12.0. The molecule has 1 heterocycles. The first-order valence-electron chi connectivity index (χ1n) is 5.51. The molecule has 0 aliphatic heterocycles. The van der Waals surface area contributed by atoms with Gasteiger partial charge in [-0.3, -0.25) is 9.89 Å². The number of nitrogens with two attached hydrogens (primary N) is 1. The van der Waals surface area contributed by atoms with Crippen molar-refractivity contribution < 1.29 is 4.79 Å². The zero-order valence-corrected chi connectivity index (χ0v) is 11.0. The Balaban J connectivity index is 2.68. The molecule has 5 nitrogen and oxygen atoms in total. The van der Waals surface area contributed by atoms with Crippen LogP contribution in [-0.4, -0.2) is 21.1 Å². The number of hydrogen-bond acceptors (Lipinski definition) is 3. The van der Waals surface area contributed by atoms with E-state index in [4.69, 9.17) is 18.0 Å². The molecule has 0 aliphatic carbocycles. The molecular weight excluding hydrogens is 236 g/mol. The molecule has 0 aliphatic rings. The van der Waals surface area contributed by atoms with Gasteiger partial charge in [-0.15, -0.1) is 0 Å². The number of nitrogens with zero attached hydrogens (tertiary/aromatic N) is 1. The van der Waals surface area contributed by atoms with Gasteiger partial charge in [-0.05, 0) is 12.8 Å². The van der Waals surface area contributed by atoms with Crippen molar-refractivity contribution in [1.29, 1.82) is 0 Å². The van der Waals surface area contributed by atoms with Gasteiger partial charge in [0.1, 0.15) is 0 Å². The standard InChI is InChI=1S/C11H18N4OS/c1-6(2)9(10(12)17)11(16)15-7(3)8-4-13-14-5-8/h4-7,9H,1-3H3,(H2,12,17)(H,13,14)(H,15,16). The van der Waals surface area contributed by atoms with Crippen molar-refractivity contribution >= 4 is 23.1 Å². The molecule has 0 saturated heterocycles. The third-order valence-electron chi connectivity index (χ3n) is 2.63. The maximum Gasteiger partial charge on any atom is 0.230 e. The van der Waals surface area contributed by atoms with Crippen molar-refractivity contribution in [3.63, 3.8) is 0 Å². The first-order chi connectivity index (χ1) is 7.93. The fourth-order valence-corrected chi connectivity index (χ4v) is 2.02. The summed E-state index contributed by atoms with van der Waals surface area (Å²) in [6.45, 7) is 5.73. The fourth-order valence-electron chi connectivity index (χ4n) is 1.64. The Hall–Kier alpha value is -1.43. The summed E-state index contributed by atoms with van der Waals surface area (Å²) >= 11 is 4.92. The number of amides is 1. The van der Waals surface area contributed by atoms with Gasteiger partial charge in [0.25, 0.3) is 0 Å². The minimum atomic E-state index is -0.431. The molecule has 0 spiro atoms. The number of aromatic amines is 1. The van der Waals surface area contributed by atoms with Crippen LogP contribution in [0.3, 0.4) is 0 Å². The average Bonchev–Trinajstić information content (AvgIpc) is 2.68. The van der Waals surface area contributed by atoms with Crippen LogP contribution in [0.1, 0.15) is 32.4 Å². The predicted octanol–water partition coefficient (Wildman–Crippen LogP) is 1.15. The summed E-state index contributed by atoms with van der Waals surface area (Å²) < 4.78 is 0. The van der Waals surface area contributed by atoms with Crippen LogP contribution >= 0.6 is 12.2 Å². The Morgan fingerprint density at radius 1 is 1.53 bits per heavy atom. The van der Waals surface area contributed by atoms with E-state index in [9.17, 15) is 4.79 Å². The molecule has 1 aromatic rings. The molecular formula is C11H18N4OS. The Kier molecular flexibility index (Phi) is 4.62. The van der Waals surface area contributed by atoms with E-state index in [1.165, 1.54) is 0 Å². The number of hydrogen-bond donors (Lipinski definition) is 3. The lowest BCUT2D eigenvalue weighted by molar-refractivity contribution is -0.124. The molecule has 1 aromatic heterocycles. The zero-order chi connectivity index (χ0) is 13.0. The third-order valence-corrected chi connectivity index (χ3v) is 2.89. The molecule has 4 N–H and O–H groups in total. The van der Waals surface area contributed by atoms with Crippen molar-refractivity contribution in [3.05, 3.63) is 18.0 Å². The maximum atomic E-state index is 12.0. The molecule has 0 bridgehead atoms. The molecule has 0 aromatic carbocycles. The lowest BCUT2D eigenvalue weighted by Gasteiger charge is -2.21. The molecule has 2 unspecified atom stereocenters. The number of rotatable bonds is 5. The quantitative estimate of drug-likeness (QED) is 0.688. The molecule has 0 saturated carbocycles. The summed E-state index contributed by atoms with van der Waals surface area (Å²) in [7, 11) is 0. The highest BCUT2D eigenvalue weighted by molar-refractivity contribution is 7.80. The second kappa shape index (κ2) is 5.77. The summed E-state index contributed by atoms with van der Waals surface area (Å²) in [4.78, 5) is 12.3. The fraction of sp³-hybridized carbons (Fsp3) is 0.545. The van der Waals surface area contributed by atoms with E-state index < -0.39 is 5.92 Å². The van der Waals surface area contributed by atoms with Gasteiger partial charge in [-0.2, -0.15) is 5.10 Å². The molecule has 0 radical (unpaired) electrons. The molecule has 1 rings (SSSR count). The Labute approximate surface area is 106 Å². The Morgan fingerprint density at radius 3 is 2.59 bits per heavy atom. The van der Waals surface area contributed by atoms with Crippen molar-refractivity contribution in [2.24, 2.45) is 17.6 Å². The number of carbonyl (C=O) groups excluding carboxylic acids is 1. The van der Waals surface area contributed by atoms with Gasteiger partial charge in [0.05, 0.1) is 23.1 Å². The lowest BCUT2D eigenvalue weighted by Crippen LogP contribution is -2.41. The van der Waals surface area contributed by atoms with E-state index in [1.807, 2.05) is 20.8 Å². The lowest BCUT2D eigenvalue weighted by atomic mass is 9.94. The highest BCUT2D eigenvalue weighted by Gasteiger charge is 2.26. The first kappa shape index (κ1) is 13.6. The normalized spacial score (nSPS) is 14.4. The van der Waals surface area contributed by atoms with Gasteiger partial charge in [0, 0.05) is 11.8 Å². The smallest absolute Gasteiger partial charge is 0.230 e. The highest BCUT2D eigenvalue weighted by Crippen LogP contribution is 2.15. The predicted molar refractivity (Wildman–Crippen MR) is 70.3 cm³/mol. The van der Waals surface area contributed by atoms with E-state index in [0.717, 1.165) is 5.56 Å². The minimum Gasteiger partial charge on any atom is -0.393 e. The summed E-state index contributed by atoms with van der Waals surface area (Å²) in [5.74, 6) is -0.482. The van der Waals surface area contributed by atoms with Crippen LogP contribution in [0, 0.1) is 11.8 Å². The largest absolute Gasteiger partial charge is 0.393 e. The molecule has 2 atom stereocenters. The van der Waals surface area contributed by atoms with Crippen LogP contribution in [0.4, 0.5) is 0 Å². The Bertz CT molecular complexity index is 388. The van der Waals surface area contributed by atoms with E-state index in [-0.39, 0.29) is 22.9 Å². The number of thiocarbonyl (C=S) groups is 1. The second-order valence-electron chi connectivity index (χ2n) is 4.39. The van der Waals surface area contributed by atoms with Gasteiger partial charge in [0.15, 0.2) is 0 Å². The van der Waals surface area contributed by atoms with Crippen LogP contribution in [0.2, 0.25) is 0 Å². The molecule has 6 heteroatoms. The third kappa shape index (κ3) is 3.52. The monoisotopic (exact) mass is 254 g/mol. The van der Waals surface area contributed by atoms with Crippen molar-refractivity contribution in [2.45, 2.75) is 26.8 Å². The van der Waals surface area contributed by atoms with E-state index in [2.05, 4.69) is 15.5 Å². The SMILES string of the molecule is CC(NC(=O)C(C(N)=S)C(C)C)c1cn[nH]c1. The summed E-state index contributed by atoms with van der Waals surface area (Å²) in [5, 5.41) is 9.42. The average molecular weight is 254 g/mol. The summed E-state index contributed by atoms with van der Waals surface area (Å²) in [6.07, 6.45) is 3.42. The second-order valence-corrected chi connectivity index (χ2v) is 4.86. The molecule has 0 fully saturated rings. The van der Waals surface area contributed by atoms with E-state index in [1.54, 1.807) is 12.4 Å². The number of aromatic nitrogens is 2. The molecule has 17 heavy (non-hydrogen) atoms. The van der Waals surface area contributed by atoms with Crippen LogP contribution in [0.15, 0.2) is 12.4 Å². The van der Waals surface area contributed by atoms with Crippen LogP contribution < -0.4 is 11.1 Å². The first-order valence-corrected chi connectivity index (χ1v) is 5.92. The van der Waals surface area contributed by atoms with Gasteiger partial charge in [-0.1, -0.05) is 26.1 Å². The summed E-state index contributed by atoms with van der Waals surface area (Å²) in [5.41, 5.74) is 6.51. The highest BCUT2D eigenvalue weighted by atomic mass is 32.1. The molecule has 94 valence electrons. The Morgan fingerprint density at radius 2 is 2.18 bits per heavy atom. The van der Waals surface area contributed by atoms with Gasteiger partial charge < -0.3 is 11.1 Å². The van der Waals surface area contributed by atoms with Gasteiger partial charge in [-0.25, -0.2) is 0 Å². The van der Waals surface area contributed by atoms with Crippen LogP contribution in [0.25, 0.3) is 0 Å². The van der Waals surface area contributed by atoms with Gasteiger partial charge in [0.2, 0.25) is 5.91 Å². The topological polar surface area (TPSA) is 83.8 Å². The summed E-state index contributed by atoms with van der Waals surface area (Å²) in [6, 6.07) is -0.114. The van der Waals surface area contributed by atoms with E-state index >= 15 is 0 Å². The van der Waals surface area contributed by atoms with Crippen LogP contribution in [0.5, 0.6) is 0 Å². The van der Waals surface area contributed by atoms with Crippen molar-refractivity contribution in [1.82, 2.24) is 15.5 Å². The minimum absolute atomic E-state index is 0.0871. The van der Waals surface area contributed by atoms with Crippen molar-refractivity contribution in [3.8, 4) is 0 Å². The van der Waals surface area contributed by atoms with Gasteiger partial charge >= 0.3 is 0 Å².